The Labute approximate surface area is 196 Å². The molecule has 0 aliphatic heterocycles. The van der Waals surface area contributed by atoms with Crippen molar-refractivity contribution in [2.45, 2.75) is 18.7 Å². The number of hydrogen-bond donors (Lipinski definition) is 2. The number of para-hydroxylation sites is 2. The third-order valence-electron chi connectivity index (χ3n) is 5.20. The monoisotopic (exact) mass is 477 g/mol. The van der Waals surface area contributed by atoms with Crippen LogP contribution in [0.4, 0.5) is 11.4 Å². The largest absolute Gasteiger partial charge is 0.322 e. The van der Waals surface area contributed by atoms with E-state index in [9.17, 15) is 18.0 Å². The number of sulfonamides is 1. The summed E-state index contributed by atoms with van der Waals surface area (Å²) in [5.41, 5.74) is 0.820. The molecule has 0 spiro atoms. The summed E-state index contributed by atoms with van der Waals surface area (Å²) in [4.78, 5) is 29.8. The lowest BCUT2D eigenvalue weighted by atomic mass is 10.2. The average molecular weight is 478 g/mol. The second-order valence-electron chi connectivity index (χ2n) is 7.43. The Morgan fingerprint density at radius 2 is 1.68 bits per heavy atom. The van der Waals surface area contributed by atoms with Gasteiger partial charge in [-0.3, -0.25) is 19.0 Å². The topological polar surface area (TPSA) is 117 Å². The molecule has 4 rings (SSSR count). The normalized spacial score (nSPS) is 11.2. The highest BCUT2D eigenvalue weighted by Crippen LogP contribution is 2.23. The molecule has 2 N–H and O–H groups in total. The molecule has 0 atom stereocenters. The summed E-state index contributed by atoms with van der Waals surface area (Å²) < 4.78 is 28.7. The van der Waals surface area contributed by atoms with Crippen molar-refractivity contribution in [1.82, 2.24) is 14.8 Å². The van der Waals surface area contributed by atoms with E-state index in [1.165, 1.54) is 22.6 Å². The zero-order valence-corrected chi connectivity index (χ0v) is 19.4. The van der Waals surface area contributed by atoms with Gasteiger partial charge in [0.1, 0.15) is 10.5 Å². The van der Waals surface area contributed by atoms with Gasteiger partial charge >= 0.3 is 0 Å². The number of nitrogens with zero attached hydrogens (tertiary/aromatic N) is 3. The van der Waals surface area contributed by atoms with Crippen LogP contribution in [0.25, 0.3) is 5.82 Å². The Morgan fingerprint density at radius 3 is 2.26 bits per heavy atom. The molecule has 2 heterocycles. The first-order valence-corrected chi connectivity index (χ1v) is 12.0. The summed E-state index contributed by atoms with van der Waals surface area (Å²) >= 11 is 0. The first-order chi connectivity index (χ1) is 16.3. The summed E-state index contributed by atoms with van der Waals surface area (Å²) in [7, 11) is -3.86. The lowest BCUT2D eigenvalue weighted by Crippen LogP contribution is -2.31. The van der Waals surface area contributed by atoms with Crippen molar-refractivity contribution in [3.8, 4) is 5.82 Å². The lowest BCUT2D eigenvalue weighted by molar-refractivity contribution is 0.102. The van der Waals surface area contributed by atoms with Gasteiger partial charge in [0.25, 0.3) is 21.5 Å². The summed E-state index contributed by atoms with van der Waals surface area (Å²) in [6.07, 6.45) is 1.20. The number of carbonyl (C=O) groups excluding carboxylic acids is 1. The number of hydrogen-bond acceptors (Lipinski definition) is 5. The van der Waals surface area contributed by atoms with Crippen molar-refractivity contribution in [1.29, 1.82) is 0 Å². The van der Waals surface area contributed by atoms with Crippen LogP contribution in [-0.4, -0.2) is 35.6 Å². The highest BCUT2D eigenvalue weighted by atomic mass is 32.2. The molecular formula is C24H23N5O4S. The lowest BCUT2D eigenvalue weighted by Gasteiger charge is -2.22. The number of aromatic nitrogens is 3. The van der Waals surface area contributed by atoms with E-state index in [4.69, 9.17) is 0 Å². The molecule has 174 valence electrons. The maximum absolute atomic E-state index is 13.2. The van der Waals surface area contributed by atoms with E-state index in [2.05, 4.69) is 15.4 Å². The van der Waals surface area contributed by atoms with Gasteiger partial charge in [-0.05, 0) is 50.2 Å². The number of aromatic amines is 1. The number of amides is 1. The molecule has 0 aliphatic rings. The van der Waals surface area contributed by atoms with Crippen LogP contribution in [0.2, 0.25) is 0 Å². The third-order valence-corrected chi connectivity index (χ3v) is 7.09. The van der Waals surface area contributed by atoms with E-state index in [-0.39, 0.29) is 22.8 Å². The zero-order chi connectivity index (χ0) is 24.3. The highest BCUT2D eigenvalue weighted by molar-refractivity contribution is 7.92. The molecule has 4 aromatic rings. The number of H-pyrrole nitrogens is 1. The van der Waals surface area contributed by atoms with Crippen molar-refractivity contribution >= 4 is 27.3 Å². The van der Waals surface area contributed by atoms with Crippen molar-refractivity contribution < 1.29 is 13.2 Å². The Balaban J connectivity index is 1.63. The average Bonchev–Trinajstić information content (AvgIpc) is 3.14. The summed E-state index contributed by atoms with van der Waals surface area (Å²) in [6, 6.07) is 20.4. The van der Waals surface area contributed by atoms with Crippen molar-refractivity contribution in [3.05, 3.63) is 101 Å². The second kappa shape index (κ2) is 9.36. The van der Waals surface area contributed by atoms with E-state index in [0.717, 1.165) is 4.68 Å². The predicted molar refractivity (Wildman–Crippen MR) is 130 cm³/mol. The van der Waals surface area contributed by atoms with Gasteiger partial charge in [0.05, 0.1) is 5.69 Å². The van der Waals surface area contributed by atoms with Gasteiger partial charge in [0.15, 0.2) is 5.82 Å². The highest BCUT2D eigenvalue weighted by Gasteiger charge is 2.25. The fourth-order valence-electron chi connectivity index (χ4n) is 3.56. The molecular weight excluding hydrogens is 454 g/mol. The minimum absolute atomic E-state index is 0.0136. The van der Waals surface area contributed by atoms with E-state index in [0.29, 0.717) is 17.1 Å². The van der Waals surface area contributed by atoms with Gasteiger partial charge in [-0.2, -0.15) is 0 Å². The van der Waals surface area contributed by atoms with Crippen LogP contribution in [0, 0.1) is 6.92 Å². The molecule has 0 radical (unpaired) electrons. The number of anilines is 2. The molecule has 0 unspecified atom stereocenters. The van der Waals surface area contributed by atoms with E-state index >= 15 is 0 Å². The van der Waals surface area contributed by atoms with Crippen molar-refractivity contribution in [3.63, 3.8) is 0 Å². The number of benzene rings is 2. The Morgan fingerprint density at radius 1 is 1.03 bits per heavy atom. The van der Waals surface area contributed by atoms with Crippen LogP contribution in [-0.2, 0) is 10.0 Å². The van der Waals surface area contributed by atoms with E-state index in [1.54, 1.807) is 62.4 Å². The minimum atomic E-state index is -3.86. The van der Waals surface area contributed by atoms with Gasteiger partial charge in [-0.15, -0.1) is 0 Å². The number of rotatable bonds is 7. The molecule has 0 bridgehead atoms. The molecule has 2 aromatic heterocycles. The van der Waals surface area contributed by atoms with Crippen LogP contribution >= 0.6 is 0 Å². The predicted octanol–water partition coefficient (Wildman–Crippen LogP) is 3.34. The van der Waals surface area contributed by atoms with Crippen molar-refractivity contribution in [2.75, 3.05) is 16.2 Å². The quantitative estimate of drug-likeness (QED) is 0.423. The number of nitrogens with one attached hydrogen (secondary N) is 2. The molecule has 0 saturated carbocycles. The number of aryl methyl sites for hydroxylation is 1. The third kappa shape index (κ3) is 4.35. The standard InChI is InChI=1S/C24H23N5O4S/c1-3-28(19-12-8-5-9-13-19)34(32,33)20-14-15-21(25-16-20)29-24(31)22(17(2)27-29)23(30)26-18-10-6-4-7-11-18/h4-16,27H,3H2,1-2H3,(H,26,30). The Kier molecular flexibility index (Phi) is 6.33. The van der Waals surface area contributed by atoms with E-state index in [1.807, 2.05) is 12.1 Å². The molecule has 34 heavy (non-hydrogen) atoms. The molecule has 2 aromatic carbocycles. The minimum Gasteiger partial charge on any atom is -0.322 e. The van der Waals surface area contributed by atoms with E-state index < -0.39 is 21.5 Å². The fourth-order valence-corrected chi connectivity index (χ4v) is 4.98. The summed E-state index contributed by atoms with van der Waals surface area (Å²) in [6.45, 7) is 3.59. The second-order valence-corrected chi connectivity index (χ2v) is 9.29. The van der Waals surface area contributed by atoms with Crippen LogP contribution in [0.15, 0.2) is 88.7 Å². The molecule has 0 aliphatic carbocycles. The molecule has 9 nitrogen and oxygen atoms in total. The van der Waals surface area contributed by atoms with Gasteiger partial charge in [-0.25, -0.2) is 18.1 Å². The molecule has 0 fully saturated rings. The Bertz CT molecular complexity index is 1460. The number of carbonyl (C=O) groups is 1. The molecule has 1 amide bonds. The fraction of sp³-hybridized carbons (Fsp3) is 0.125. The van der Waals surface area contributed by atoms with Gasteiger partial charge in [0.2, 0.25) is 0 Å². The van der Waals surface area contributed by atoms with Gasteiger partial charge in [-0.1, -0.05) is 36.4 Å². The molecule has 0 saturated heterocycles. The maximum atomic E-state index is 13.2. The van der Waals surface area contributed by atoms with Gasteiger partial charge in [0, 0.05) is 24.1 Å². The smallest absolute Gasteiger partial charge is 0.285 e. The van der Waals surface area contributed by atoms with Crippen LogP contribution in [0.1, 0.15) is 23.0 Å². The van der Waals surface area contributed by atoms with Crippen LogP contribution in [0.5, 0.6) is 0 Å². The molecule has 10 heteroatoms. The Hall–Kier alpha value is -4.18. The summed E-state index contributed by atoms with van der Waals surface area (Å²) in [5.74, 6) is -0.391. The van der Waals surface area contributed by atoms with Crippen molar-refractivity contribution in [2.24, 2.45) is 0 Å². The first kappa shape index (κ1) is 23.0. The zero-order valence-electron chi connectivity index (χ0n) is 18.6. The van der Waals surface area contributed by atoms with Crippen LogP contribution < -0.4 is 15.2 Å². The maximum Gasteiger partial charge on any atom is 0.285 e. The first-order valence-electron chi connectivity index (χ1n) is 10.5. The SMILES string of the molecule is CCN(c1ccccc1)S(=O)(=O)c1ccc(-n2[nH]c(C)c(C(=O)Nc3ccccc3)c2=O)nc1. The number of pyridine rings is 1. The summed E-state index contributed by atoms with van der Waals surface area (Å²) in [5, 5.41) is 5.53. The van der Waals surface area contributed by atoms with Crippen LogP contribution in [0.3, 0.4) is 0 Å². The van der Waals surface area contributed by atoms with Gasteiger partial charge < -0.3 is 5.32 Å².